The van der Waals surface area contributed by atoms with Crippen molar-refractivity contribution in [3.63, 3.8) is 0 Å². The summed E-state index contributed by atoms with van der Waals surface area (Å²) in [6.07, 6.45) is 6.60. The summed E-state index contributed by atoms with van der Waals surface area (Å²) in [6.45, 7) is 4.18. The molecule has 4 rings (SSSR count). The molecule has 0 nitrogen and oxygen atoms in total. The summed E-state index contributed by atoms with van der Waals surface area (Å²) >= 11 is 0. The lowest BCUT2D eigenvalue weighted by molar-refractivity contribution is 0.297. The van der Waals surface area contributed by atoms with Crippen LogP contribution in [0.4, 0.5) is 13.2 Å². The molecule has 3 aromatic rings. The molecule has 3 aromatic carbocycles. The van der Waals surface area contributed by atoms with Crippen molar-refractivity contribution in [3.05, 3.63) is 94.8 Å². The van der Waals surface area contributed by atoms with Crippen molar-refractivity contribution in [1.82, 2.24) is 0 Å². The molecule has 0 heterocycles. The molecule has 0 aliphatic heterocycles. The molecule has 0 unspecified atom stereocenters. The fourth-order valence-corrected chi connectivity index (χ4v) is 5.42. The van der Waals surface area contributed by atoms with Crippen molar-refractivity contribution < 1.29 is 13.2 Å². The average molecular weight is 451 g/mol. The summed E-state index contributed by atoms with van der Waals surface area (Å²) < 4.78 is 43.7. The van der Waals surface area contributed by atoms with Crippen LogP contribution in [0.5, 0.6) is 0 Å². The van der Waals surface area contributed by atoms with E-state index in [0.717, 1.165) is 31.2 Å². The van der Waals surface area contributed by atoms with E-state index in [1.807, 2.05) is 13.0 Å². The normalized spacial score (nSPS) is 19.4. The lowest BCUT2D eigenvalue weighted by Crippen LogP contribution is -2.15. The van der Waals surface area contributed by atoms with Crippen LogP contribution in [-0.2, 0) is 6.42 Å². The quantitative estimate of drug-likeness (QED) is 0.336. The highest BCUT2D eigenvalue weighted by Gasteiger charge is 2.25. The number of hydrogen-bond acceptors (Lipinski definition) is 0. The van der Waals surface area contributed by atoms with Gasteiger partial charge in [-0.15, -0.1) is 0 Å². The standard InChI is InChI=1S/C30H33F3/c1-3-7-27-29(32)18-25(19-30(27)33)26-15-14-24(17-28(26)31)23-12-10-21(11-13-23)16-20(2)22-8-5-4-6-9-22/h4-6,8-9,14-15,17-21,23H,3,7,10-13,16H2,1-2H3/t20-,21?,23?/m0/s1. The van der Waals surface area contributed by atoms with Gasteiger partial charge >= 0.3 is 0 Å². The number of benzene rings is 3. The second-order valence-electron chi connectivity index (χ2n) is 9.67. The van der Waals surface area contributed by atoms with Crippen molar-refractivity contribution >= 4 is 0 Å². The Labute approximate surface area is 195 Å². The smallest absolute Gasteiger partial charge is 0.131 e. The molecule has 0 amide bonds. The van der Waals surface area contributed by atoms with Gasteiger partial charge in [0.05, 0.1) is 0 Å². The molecule has 0 radical (unpaired) electrons. The molecule has 1 saturated carbocycles. The van der Waals surface area contributed by atoms with Crippen LogP contribution in [0.3, 0.4) is 0 Å². The van der Waals surface area contributed by atoms with Gasteiger partial charge in [0.15, 0.2) is 0 Å². The first-order valence-electron chi connectivity index (χ1n) is 12.3. The third-order valence-corrected chi connectivity index (χ3v) is 7.32. The fraction of sp³-hybridized carbons (Fsp3) is 0.400. The van der Waals surface area contributed by atoms with Crippen LogP contribution in [0.1, 0.15) is 80.9 Å². The van der Waals surface area contributed by atoms with Crippen LogP contribution >= 0.6 is 0 Å². The van der Waals surface area contributed by atoms with Crippen molar-refractivity contribution in [2.24, 2.45) is 5.92 Å². The minimum Gasteiger partial charge on any atom is -0.207 e. The Balaban J connectivity index is 1.41. The molecule has 0 aromatic heterocycles. The molecule has 1 fully saturated rings. The zero-order valence-electron chi connectivity index (χ0n) is 19.6. The molecule has 0 saturated heterocycles. The summed E-state index contributed by atoms with van der Waals surface area (Å²) in [5.74, 6) is -0.00879. The van der Waals surface area contributed by atoms with Crippen LogP contribution in [0.25, 0.3) is 11.1 Å². The van der Waals surface area contributed by atoms with E-state index in [-0.39, 0.29) is 16.7 Å². The van der Waals surface area contributed by atoms with Crippen LogP contribution in [0.15, 0.2) is 60.7 Å². The lowest BCUT2D eigenvalue weighted by atomic mass is 9.75. The Hall–Kier alpha value is -2.55. The Kier molecular flexibility index (Phi) is 7.57. The van der Waals surface area contributed by atoms with Gasteiger partial charge in [-0.1, -0.05) is 62.7 Å². The first-order valence-corrected chi connectivity index (χ1v) is 12.3. The predicted octanol–water partition coefficient (Wildman–Crippen LogP) is 9.19. The van der Waals surface area contributed by atoms with E-state index in [0.29, 0.717) is 30.6 Å². The highest BCUT2D eigenvalue weighted by Crippen LogP contribution is 2.40. The van der Waals surface area contributed by atoms with Gasteiger partial charge < -0.3 is 0 Å². The molecule has 3 heteroatoms. The summed E-state index contributed by atoms with van der Waals surface area (Å²) in [5.41, 5.74) is 2.98. The Morgan fingerprint density at radius 2 is 1.48 bits per heavy atom. The summed E-state index contributed by atoms with van der Waals surface area (Å²) in [6, 6.07) is 18.4. The molecule has 0 bridgehead atoms. The van der Waals surface area contributed by atoms with Crippen molar-refractivity contribution in [2.45, 2.75) is 70.6 Å². The Bertz CT molecular complexity index is 1040. The van der Waals surface area contributed by atoms with Gasteiger partial charge in [-0.2, -0.15) is 0 Å². The highest BCUT2D eigenvalue weighted by molar-refractivity contribution is 5.65. The second-order valence-corrected chi connectivity index (χ2v) is 9.67. The van der Waals surface area contributed by atoms with Crippen molar-refractivity contribution in [1.29, 1.82) is 0 Å². The van der Waals surface area contributed by atoms with Gasteiger partial charge in [0.1, 0.15) is 17.5 Å². The van der Waals surface area contributed by atoms with Gasteiger partial charge in [-0.3, -0.25) is 0 Å². The third-order valence-electron chi connectivity index (χ3n) is 7.32. The number of halogens is 3. The molecular formula is C30H33F3. The minimum atomic E-state index is -0.599. The first-order chi connectivity index (χ1) is 16.0. The van der Waals surface area contributed by atoms with E-state index >= 15 is 0 Å². The third kappa shape index (κ3) is 5.51. The molecule has 33 heavy (non-hydrogen) atoms. The van der Waals surface area contributed by atoms with E-state index in [4.69, 9.17) is 0 Å². The summed E-state index contributed by atoms with van der Waals surface area (Å²) in [7, 11) is 0. The fourth-order valence-electron chi connectivity index (χ4n) is 5.42. The van der Waals surface area contributed by atoms with Crippen LogP contribution in [0.2, 0.25) is 0 Å². The van der Waals surface area contributed by atoms with E-state index in [9.17, 15) is 13.2 Å². The number of hydrogen-bond donors (Lipinski definition) is 0. The minimum absolute atomic E-state index is 0.0802. The van der Waals surface area contributed by atoms with Crippen LogP contribution < -0.4 is 0 Å². The topological polar surface area (TPSA) is 0 Å². The Morgan fingerprint density at radius 1 is 0.818 bits per heavy atom. The van der Waals surface area contributed by atoms with Gasteiger partial charge in [-0.25, -0.2) is 13.2 Å². The molecular weight excluding hydrogens is 417 g/mol. The monoisotopic (exact) mass is 450 g/mol. The largest absolute Gasteiger partial charge is 0.207 e. The zero-order valence-corrected chi connectivity index (χ0v) is 19.6. The van der Waals surface area contributed by atoms with Gasteiger partial charge in [0.25, 0.3) is 0 Å². The molecule has 1 aliphatic rings. The highest BCUT2D eigenvalue weighted by atomic mass is 19.1. The van der Waals surface area contributed by atoms with E-state index < -0.39 is 17.5 Å². The first kappa shape index (κ1) is 23.6. The SMILES string of the molecule is CCCc1c(F)cc(-c2ccc(C3CCC(C[C@H](C)c4ccccc4)CC3)cc2F)cc1F. The molecule has 174 valence electrons. The molecule has 0 spiro atoms. The maximum Gasteiger partial charge on any atom is 0.131 e. The summed E-state index contributed by atoms with van der Waals surface area (Å²) in [5, 5.41) is 0. The maximum absolute atomic E-state index is 15.0. The predicted molar refractivity (Wildman–Crippen MR) is 130 cm³/mol. The molecule has 1 atom stereocenters. The van der Waals surface area contributed by atoms with E-state index in [1.54, 1.807) is 12.1 Å². The van der Waals surface area contributed by atoms with Crippen molar-refractivity contribution in [3.8, 4) is 11.1 Å². The van der Waals surface area contributed by atoms with Gasteiger partial charge in [0.2, 0.25) is 0 Å². The zero-order chi connectivity index (χ0) is 23.4. The second kappa shape index (κ2) is 10.6. The van der Waals surface area contributed by atoms with Crippen LogP contribution in [-0.4, -0.2) is 0 Å². The molecule has 1 aliphatic carbocycles. The average Bonchev–Trinajstić information content (AvgIpc) is 2.82. The summed E-state index contributed by atoms with van der Waals surface area (Å²) in [4.78, 5) is 0. The molecule has 0 N–H and O–H groups in total. The van der Waals surface area contributed by atoms with Crippen molar-refractivity contribution in [2.75, 3.05) is 0 Å². The maximum atomic E-state index is 15.0. The van der Waals surface area contributed by atoms with E-state index in [2.05, 4.69) is 37.3 Å². The van der Waals surface area contributed by atoms with Gasteiger partial charge in [-0.05, 0) is 91.2 Å². The number of rotatable bonds is 7. The Morgan fingerprint density at radius 3 is 2.09 bits per heavy atom. The van der Waals surface area contributed by atoms with E-state index in [1.165, 1.54) is 24.1 Å². The van der Waals surface area contributed by atoms with Gasteiger partial charge in [0, 0.05) is 11.1 Å². The lowest BCUT2D eigenvalue weighted by Gasteiger charge is -2.30. The van der Waals surface area contributed by atoms with Crippen LogP contribution in [0, 0.1) is 23.4 Å².